The molecule has 0 radical (unpaired) electrons. The molecule has 0 saturated heterocycles. The van der Waals surface area contributed by atoms with E-state index in [-0.39, 0.29) is 12.0 Å². The van der Waals surface area contributed by atoms with Gasteiger partial charge in [-0.25, -0.2) is 0 Å². The van der Waals surface area contributed by atoms with Crippen LogP contribution < -0.4 is 5.32 Å². The van der Waals surface area contributed by atoms with E-state index in [1.807, 2.05) is 6.92 Å². The number of aliphatic hydroxyl groups excluding tert-OH is 1. The molecule has 0 aliphatic heterocycles. The van der Waals surface area contributed by atoms with E-state index < -0.39 is 0 Å². The van der Waals surface area contributed by atoms with E-state index in [0.29, 0.717) is 6.04 Å². The Balaban J connectivity index is 2.89. The molecule has 0 unspecified atom stereocenters. The summed E-state index contributed by atoms with van der Waals surface area (Å²) in [4.78, 5) is 0. The van der Waals surface area contributed by atoms with Crippen LogP contribution in [0.1, 0.15) is 58.0 Å². The molecule has 0 bridgehead atoms. The van der Waals surface area contributed by atoms with Gasteiger partial charge in [-0.3, -0.25) is 4.68 Å². The van der Waals surface area contributed by atoms with Crippen LogP contribution >= 0.6 is 0 Å². The molecule has 2 N–H and O–H groups in total. The lowest BCUT2D eigenvalue weighted by Gasteiger charge is -2.30. The molecule has 0 saturated carbocycles. The molecule has 1 aromatic rings. The van der Waals surface area contributed by atoms with Crippen LogP contribution in [-0.2, 0) is 0 Å². The van der Waals surface area contributed by atoms with E-state index in [1.54, 1.807) is 0 Å². The number of nitrogens with one attached hydrogen (secondary N) is 1. The lowest BCUT2D eigenvalue weighted by atomic mass is 9.83. The predicted molar refractivity (Wildman–Crippen MR) is 80.7 cm³/mol. The zero-order valence-electron chi connectivity index (χ0n) is 13.2. The monoisotopic (exact) mass is 267 g/mol. The Bertz CT molecular complexity index is 398. The van der Waals surface area contributed by atoms with Crippen LogP contribution in [0.15, 0.2) is 0 Å². The minimum atomic E-state index is -0.0290. The maximum absolute atomic E-state index is 9.63. The number of aromatic nitrogens is 2. The Hall–Kier alpha value is -1.03. The van der Waals surface area contributed by atoms with E-state index in [4.69, 9.17) is 0 Å². The summed E-state index contributed by atoms with van der Waals surface area (Å²) in [6, 6.07) is 0.370. The highest BCUT2D eigenvalue weighted by molar-refractivity contribution is 5.52. The number of rotatable bonds is 7. The molecule has 0 aromatic carbocycles. The van der Waals surface area contributed by atoms with Gasteiger partial charge in [-0.2, -0.15) is 5.10 Å². The third kappa shape index (κ3) is 3.30. The molecule has 1 heterocycles. The van der Waals surface area contributed by atoms with Crippen molar-refractivity contribution in [1.82, 2.24) is 9.78 Å². The topological polar surface area (TPSA) is 50.1 Å². The van der Waals surface area contributed by atoms with E-state index in [0.717, 1.165) is 30.8 Å². The SMILES string of the molecule is CCC(CC)(CO)CNc1c(C)nn(C(C)C)c1C. The first-order valence-electron chi connectivity index (χ1n) is 7.31. The van der Waals surface area contributed by atoms with Crippen molar-refractivity contribution in [3.63, 3.8) is 0 Å². The first-order chi connectivity index (χ1) is 8.90. The van der Waals surface area contributed by atoms with Gasteiger partial charge in [-0.15, -0.1) is 0 Å². The van der Waals surface area contributed by atoms with Crippen molar-refractivity contribution in [3.8, 4) is 0 Å². The van der Waals surface area contributed by atoms with Crippen LogP contribution in [0.3, 0.4) is 0 Å². The summed E-state index contributed by atoms with van der Waals surface area (Å²) in [7, 11) is 0. The second-order valence-electron chi connectivity index (χ2n) is 5.80. The summed E-state index contributed by atoms with van der Waals surface area (Å²) in [6.45, 7) is 13.7. The number of nitrogens with zero attached hydrogens (tertiary/aromatic N) is 2. The number of aliphatic hydroxyl groups is 1. The minimum Gasteiger partial charge on any atom is -0.396 e. The van der Waals surface area contributed by atoms with Crippen molar-refractivity contribution in [3.05, 3.63) is 11.4 Å². The van der Waals surface area contributed by atoms with Crippen molar-refractivity contribution in [1.29, 1.82) is 0 Å². The van der Waals surface area contributed by atoms with Gasteiger partial charge in [0.25, 0.3) is 0 Å². The summed E-state index contributed by atoms with van der Waals surface area (Å²) in [5, 5.41) is 17.7. The number of hydrogen-bond acceptors (Lipinski definition) is 3. The minimum absolute atomic E-state index is 0.0290. The van der Waals surface area contributed by atoms with Crippen molar-refractivity contribution < 1.29 is 5.11 Å². The zero-order chi connectivity index (χ0) is 14.6. The van der Waals surface area contributed by atoms with Gasteiger partial charge in [0, 0.05) is 18.0 Å². The molecule has 110 valence electrons. The van der Waals surface area contributed by atoms with E-state index in [1.165, 1.54) is 5.69 Å². The van der Waals surface area contributed by atoms with Crippen molar-refractivity contribution in [2.24, 2.45) is 5.41 Å². The first-order valence-corrected chi connectivity index (χ1v) is 7.31. The number of hydrogen-bond donors (Lipinski definition) is 2. The Kier molecular flexibility index (Phi) is 5.41. The Labute approximate surface area is 117 Å². The van der Waals surface area contributed by atoms with Crippen LogP contribution in [0.25, 0.3) is 0 Å². The highest BCUT2D eigenvalue weighted by Gasteiger charge is 2.26. The van der Waals surface area contributed by atoms with Gasteiger partial charge in [0.15, 0.2) is 0 Å². The van der Waals surface area contributed by atoms with Crippen molar-refractivity contribution >= 4 is 5.69 Å². The summed E-state index contributed by atoms with van der Waals surface area (Å²) in [5.74, 6) is 0. The fourth-order valence-electron chi connectivity index (χ4n) is 2.48. The summed E-state index contributed by atoms with van der Waals surface area (Å²) in [5.41, 5.74) is 3.30. The fourth-order valence-corrected chi connectivity index (χ4v) is 2.48. The highest BCUT2D eigenvalue weighted by Crippen LogP contribution is 2.28. The average molecular weight is 267 g/mol. The van der Waals surface area contributed by atoms with Crippen LogP contribution in [-0.4, -0.2) is 28.0 Å². The van der Waals surface area contributed by atoms with Gasteiger partial charge >= 0.3 is 0 Å². The molecule has 4 nitrogen and oxygen atoms in total. The van der Waals surface area contributed by atoms with Crippen LogP contribution in [0.4, 0.5) is 5.69 Å². The molecule has 1 rings (SSSR count). The smallest absolute Gasteiger partial charge is 0.0828 e. The molecule has 0 amide bonds. The lowest BCUT2D eigenvalue weighted by molar-refractivity contribution is 0.127. The molecule has 0 spiro atoms. The standard InChI is InChI=1S/C15H29N3O/c1-7-15(8-2,10-19)9-16-14-12(5)17-18(11(3)4)13(14)6/h11,16,19H,7-10H2,1-6H3. The third-order valence-electron chi connectivity index (χ3n) is 4.29. The van der Waals surface area contributed by atoms with Gasteiger partial charge in [0.2, 0.25) is 0 Å². The fraction of sp³-hybridized carbons (Fsp3) is 0.800. The lowest BCUT2D eigenvalue weighted by Crippen LogP contribution is -2.32. The van der Waals surface area contributed by atoms with Crippen molar-refractivity contribution in [2.75, 3.05) is 18.5 Å². The molecule has 0 fully saturated rings. The number of anilines is 1. The average Bonchev–Trinajstić information content (AvgIpc) is 2.68. The van der Waals surface area contributed by atoms with Crippen molar-refractivity contribution in [2.45, 2.75) is 60.4 Å². The van der Waals surface area contributed by atoms with Gasteiger partial charge in [0.05, 0.1) is 23.7 Å². The first kappa shape index (κ1) is 16.0. The Morgan fingerprint density at radius 1 is 1.26 bits per heavy atom. The van der Waals surface area contributed by atoms with Gasteiger partial charge in [-0.1, -0.05) is 13.8 Å². The summed E-state index contributed by atoms with van der Waals surface area (Å²) >= 11 is 0. The van der Waals surface area contributed by atoms with Crippen LogP contribution in [0, 0.1) is 19.3 Å². The Morgan fingerprint density at radius 2 is 1.84 bits per heavy atom. The number of aryl methyl sites for hydroxylation is 1. The zero-order valence-corrected chi connectivity index (χ0v) is 13.2. The molecule has 4 heteroatoms. The quantitative estimate of drug-likeness (QED) is 0.797. The highest BCUT2D eigenvalue weighted by atomic mass is 16.3. The normalized spacial score (nSPS) is 12.2. The molecular weight excluding hydrogens is 238 g/mol. The largest absolute Gasteiger partial charge is 0.396 e. The maximum Gasteiger partial charge on any atom is 0.0828 e. The molecule has 0 atom stereocenters. The van der Waals surface area contributed by atoms with E-state index in [2.05, 4.69) is 49.7 Å². The molecular formula is C15H29N3O. The second-order valence-corrected chi connectivity index (χ2v) is 5.80. The van der Waals surface area contributed by atoms with Crippen LogP contribution in [0.2, 0.25) is 0 Å². The van der Waals surface area contributed by atoms with E-state index in [9.17, 15) is 5.11 Å². The molecule has 0 aliphatic rings. The molecule has 0 aliphatic carbocycles. The summed E-state index contributed by atoms with van der Waals surface area (Å²) < 4.78 is 2.05. The van der Waals surface area contributed by atoms with Gasteiger partial charge < -0.3 is 10.4 Å². The van der Waals surface area contributed by atoms with Gasteiger partial charge in [0.1, 0.15) is 0 Å². The Morgan fingerprint density at radius 3 is 2.21 bits per heavy atom. The predicted octanol–water partition coefficient (Wildman–Crippen LogP) is 3.29. The molecule has 19 heavy (non-hydrogen) atoms. The van der Waals surface area contributed by atoms with Crippen LogP contribution in [0.5, 0.6) is 0 Å². The van der Waals surface area contributed by atoms with Gasteiger partial charge in [-0.05, 0) is 40.5 Å². The third-order valence-corrected chi connectivity index (χ3v) is 4.29. The maximum atomic E-state index is 9.63. The second kappa shape index (κ2) is 6.42. The summed E-state index contributed by atoms with van der Waals surface area (Å²) in [6.07, 6.45) is 1.95. The molecule has 1 aromatic heterocycles. The van der Waals surface area contributed by atoms with E-state index >= 15 is 0 Å².